The van der Waals surface area contributed by atoms with Crippen LogP contribution in [0.3, 0.4) is 0 Å². The largest absolute Gasteiger partial charge is 0.491 e. The molecule has 4 nitrogen and oxygen atoms in total. The minimum atomic E-state index is -0.481. The average molecular weight is 375 g/mol. The number of rotatable bonds is 1. The monoisotopic (exact) mass is 375 g/mol. The first-order valence-corrected chi connectivity index (χ1v) is 7.69. The molecular weight excluding hydrogens is 357 g/mol. The normalized spacial score (nSPS) is 31.6. The zero-order valence-corrected chi connectivity index (χ0v) is 13.0. The Labute approximate surface area is 126 Å². The molecule has 0 aromatic heterocycles. The van der Waals surface area contributed by atoms with Crippen LogP contribution in [0.1, 0.15) is 18.6 Å². The highest BCUT2D eigenvalue weighted by Gasteiger charge is 2.35. The van der Waals surface area contributed by atoms with E-state index < -0.39 is 6.10 Å². The summed E-state index contributed by atoms with van der Waals surface area (Å²) in [5.74, 6) is 0.817. The van der Waals surface area contributed by atoms with Gasteiger partial charge in [0.25, 0.3) is 0 Å². The summed E-state index contributed by atoms with van der Waals surface area (Å²) in [6.45, 7) is 5.04. The Morgan fingerprint density at radius 1 is 1.42 bits per heavy atom. The number of ether oxygens (including phenoxy) is 2. The van der Waals surface area contributed by atoms with E-state index >= 15 is 0 Å². The second-order valence-electron chi connectivity index (χ2n) is 5.18. The maximum atomic E-state index is 10.6. The van der Waals surface area contributed by atoms with Crippen LogP contribution in [0.2, 0.25) is 0 Å². The molecule has 0 bridgehead atoms. The van der Waals surface area contributed by atoms with Crippen molar-refractivity contribution < 1.29 is 14.6 Å². The third-order valence-corrected chi connectivity index (χ3v) is 4.48. The molecule has 5 heteroatoms. The Morgan fingerprint density at radius 3 is 3.05 bits per heavy atom. The summed E-state index contributed by atoms with van der Waals surface area (Å²) in [5.41, 5.74) is 0.899. The Morgan fingerprint density at radius 2 is 2.26 bits per heavy atom. The van der Waals surface area contributed by atoms with Gasteiger partial charge in [-0.1, -0.05) is 6.07 Å². The fourth-order valence-electron chi connectivity index (χ4n) is 2.80. The van der Waals surface area contributed by atoms with Crippen molar-refractivity contribution in [3.63, 3.8) is 0 Å². The smallest absolute Gasteiger partial charge is 0.126 e. The van der Waals surface area contributed by atoms with E-state index in [1.165, 1.54) is 0 Å². The fraction of sp³-hybridized carbons (Fsp3) is 0.571. The third-order valence-electron chi connectivity index (χ3n) is 3.81. The molecule has 2 heterocycles. The standard InChI is InChI=1S/C14H18INO3/c1-9-7-16(4-5-18-9)12-8-19-13-6-10(15)2-3-11(13)14(12)17/h2-3,6,9,12,14,17H,4-5,7-8H2,1H3. The Kier molecular flexibility index (Phi) is 3.98. The summed E-state index contributed by atoms with van der Waals surface area (Å²) in [6, 6.07) is 5.99. The summed E-state index contributed by atoms with van der Waals surface area (Å²) in [4.78, 5) is 2.28. The molecule has 1 N–H and O–H groups in total. The molecule has 1 aromatic rings. The number of benzene rings is 1. The number of hydrogen-bond donors (Lipinski definition) is 1. The van der Waals surface area contributed by atoms with Crippen LogP contribution in [0.4, 0.5) is 0 Å². The summed E-state index contributed by atoms with van der Waals surface area (Å²) in [7, 11) is 0. The maximum absolute atomic E-state index is 10.6. The highest BCUT2D eigenvalue weighted by molar-refractivity contribution is 14.1. The molecule has 3 rings (SSSR count). The molecule has 0 saturated carbocycles. The minimum absolute atomic E-state index is 0.0268. The predicted octanol–water partition coefficient (Wildman–Crippen LogP) is 1.81. The SMILES string of the molecule is CC1CN(C2COc3cc(I)ccc3C2O)CCO1. The summed E-state index contributed by atoms with van der Waals surface area (Å²) in [5, 5.41) is 10.6. The van der Waals surface area contributed by atoms with Gasteiger partial charge in [-0.05, 0) is 41.6 Å². The van der Waals surface area contributed by atoms with Crippen molar-refractivity contribution in [3.8, 4) is 5.75 Å². The van der Waals surface area contributed by atoms with Crippen molar-refractivity contribution in [3.05, 3.63) is 27.3 Å². The molecule has 1 fully saturated rings. The summed E-state index contributed by atoms with van der Waals surface area (Å²) >= 11 is 2.26. The Bertz CT molecular complexity index is 468. The molecule has 1 saturated heterocycles. The van der Waals surface area contributed by atoms with Gasteiger partial charge in [-0.2, -0.15) is 0 Å². The highest BCUT2D eigenvalue weighted by atomic mass is 127. The van der Waals surface area contributed by atoms with E-state index in [0.29, 0.717) is 6.61 Å². The molecule has 2 aliphatic heterocycles. The first kappa shape index (κ1) is 13.6. The van der Waals surface area contributed by atoms with Gasteiger partial charge in [-0.3, -0.25) is 4.90 Å². The van der Waals surface area contributed by atoms with Crippen molar-refractivity contribution in [2.75, 3.05) is 26.3 Å². The molecule has 104 valence electrons. The molecule has 0 aliphatic carbocycles. The molecule has 0 radical (unpaired) electrons. The molecule has 0 amide bonds. The first-order valence-electron chi connectivity index (χ1n) is 6.61. The van der Waals surface area contributed by atoms with Crippen LogP contribution in [0.15, 0.2) is 18.2 Å². The van der Waals surface area contributed by atoms with Crippen LogP contribution in [0.25, 0.3) is 0 Å². The van der Waals surface area contributed by atoms with Crippen LogP contribution in [0, 0.1) is 3.57 Å². The second kappa shape index (κ2) is 5.55. The highest BCUT2D eigenvalue weighted by Crippen LogP contribution is 2.35. The van der Waals surface area contributed by atoms with Gasteiger partial charge in [-0.15, -0.1) is 0 Å². The molecule has 1 aromatic carbocycles. The van der Waals surface area contributed by atoms with Gasteiger partial charge in [0, 0.05) is 22.2 Å². The maximum Gasteiger partial charge on any atom is 0.126 e. The minimum Gasteiger partial charge on any atom is -0.491 e. The molecule has 19 heavy (non-hydrogen) atoms. The Hall–Kier alpha value is -0.370. The van der Waals surface area contributed by atoms with Gasteiger partial charge in [-0.25, -0.2) is 0 Å². The van der Waals surface area contributed by atoms with Crippen LogP contribution in [0.5, 0.6) is 5.75 Å². The van der Waals surface area contributed by atoms with E-state index in [2.05, 4.69) is 34.4 Å². The van der Waals surface area contributed by atoms with E-state index in [4.69, 9.17) is 9.47 Å². The van der Waals surface area contributed by atoms with Crippen molar-refractivity contribution >= 4 is 22.6 Å². The zero-order valence-electron chi connectivity index (χ0n) is 10.9. The van der Waals surface area contributed by atoms with Crippen LogP contribution in [-0.4, -0.2) is 48.5 Å². The number of halogens is 1. The molecular formula is C14H18INO3. The van der Waals surface area contributed by atoms with E-state index in [1.807, 2.05) is 18.2 Å². The number of hydrogen-bond acceptors (Lipinski definition) is 4. The van der Waals surface area contributed by atoms with E-state index in [-0.39, 0.29) is 12.1 Å². The van der Waals surface area contributed by atoms with E-state index in [0.717, 1.165) is 34.6 Å². The number of morpholine rings is 1. The van der Waals surface area contributed by atoms with Crippen LogP contribution in [-0.2, 0) is 4.74 Å². The predicted molar refractivity (Wildman–Crippen MR) is 80.4 cm³/mol. The fourth-order valence-corrected chi connectivity index (χ4v) is 3.27. The number of fused-ring (bicyclic) bond motifs is 1. The lowest BCUT2D eigenvalue weighted by Crippen LogP contribution is -2.52. The second-order valence-corrected chi connectivity index (χ2v) is 6.43. The number of aliphatic hydroxyl groups excluding tert-OH is 1. The van der Waals surface area contributed by atoms with Crippen LogP contribution < -0.4 is 4.74 Å². The van der Waals surface area contributed by atoms with Crippen molar-refractivity contribution in [2.24, 2.45) is 0 Å². The van der Waals surface area contributed by atoms with E-state index in [9.17, 15) is 5.11 Å². The van der Waals surface area contributed by atoms with Crippen molar-refractivity contribution in [1.82, 2.24) is 4.90 Å². The lowest BCUT2D eigenvalue weighted by atomic mass is 9.97. The summed E-state index contributed by atoms with van der Waals surface area (Å²) in [6.07, 6.45) is -0.259. The van der Waals surface area contributed by atoms with Gasteiger partial charge in [0.1, 0.15) is 18.5 Å². The quantitative estimate of drug-likeness (QED) is 0.761. The molecule has 3 atom stereocenters. The average Bonchev–Trinajstić information content (AvgIpc) is 2.39. The van der Waals surface area contributed by atoms with Gasteiger partial charge in [0.15, 0.2) is 0 Å². The van der Waals surface area contributed by atoms with Crippen LogP contribution >= 0.6 is 22.6 Å². The van der Waals surface area contributed by atoms with Crippen molar-refractivity contribution in [2.45, 2.75) is 25.2 Å². The van der Waals surface area contributed by atoms with Gasteiger partial charge in [0.05, 0.1) is 18.8 Å². The Balaban J connectivity index is 1.81. The van der Waals surface area contributed by atoms with Gasteiger partial charge in [0.2, 0.25) is 0 Å². The zero-order chi connectivity index (χ0) is 13.4. The topological polar surface area (TPSA) is 41.9 Å². The number of nitrogens with zero attached hydrogens (tertiary/aromatic N) is 1. The molecule has 3 unspecified atom stereocenters. The summed E-state index contributed by atoms with van der Waals surface area (Å²) < 4.78 is 12.5. The molecule has 0 spiro atoms. The van der Waals surface area contributed by atoms with Crippen molar-refractivity contribution in [1.29, 1.82) is 0 Å². The van der Waals surface area contributed by atoms with E-state index in [1.54, 1.807) is 0 Å². The third kappa shape index (κ3) is 2.74. The van der Waals surface area contributed by atoms with Gasteiger partial charge < -0.3 is 14.6 Å². The lowest BCUT2D eigenvalue weighted by Gasteiger charge is -2.41. The molecule has 2 aliphatic rings. The lowest BCUT2D eigenvalue weighted by molar-refractivity contribution is -0.0735. The van der Waals surface area contributed by atoms with Gasteiger partial charge >= 0.3 is 0 Å². The first-order chi connectivity index (χ1) is 9.15. The number of aliphatic hydroxyl groups is 1.